The highest BCUT2D eigenvalue weighted by atomic mass is 79.9. The smallest absolute Gasteiger partial charge is 0.311 e. The molecule has 2 aromatic rings. The van der Waals surface area contributed by atoms with Gasteiger partial charge in [-0.25, -0.2) is 13.4 Å². The lowest BCUT2D eigenvalue weighted by atomic mass is 10.2. The number of sulfone groups is 1. The highest BCUT2D eigenvalue weighted by Crippen LogP contribution is 2.28. The zero-order valence-corrected chi connectivity index (χ0v) is 15.5. The number of halogens is 1. The van der Waals surface area contributed by atoms with Crippen LogP contribution in [0.5, 0.6) is 0 Å². The molecular formula is C15H16BrN3O4S. The molecule has 0 saturated carbocycles. The quantitative estimate of drug-likeness (QED) is 0.574. The van der Waals surface area contributed by atoms with Gasteiger partial charge < -0.3 is 5.32 Å². The van der Waals surface area contributed by atoms with E-state index < -0.39 is 19.5 Å². The topological polar surface area (TPSA) is 102 Å². The Kier molecular flexibility index (Phi) is 5.24. The van der Waals surface area contributed by atoms with Crippen LogP contribution in [0, 0.1) is 10.1 Å². The molecule has 0 aliphatic carbocycles. The van der Waals surface area contributed by atoms with Crippen molar-refractivity contribution in [1.29, 1.82) is 0 Å². The van der Waals surface area contributed by atoms with Crippen LogP contribution in [0.15, 0.2) is 52.0 Å². The van der Waals surface area contributed by atoms with E-state index in [0.717, 1.165) is 4.47 Å². The predicted octanol–water partition coefficient (Wildman–Crippen LogP) is 3.42. The number of anilines is 1. The molecule has 0 fully saturated rings. The summed E-state index contributed by atoms with van der Waals surface area (Å²) in [5.41, 5.74) is -0.200. The van der Waals surface area contributed by atoms with Crippen LogP contribution in [0.2, 0.25) is 0 Å². The monoisotopic (exact) mass is 413 g/mol. The van der Waals surface area contributed by atoms with Gasteiger partial charge in [0.15, 0.2) is 9.84 Å². The van der Waals surface area contributed by atoms with Crippen LogP contribution in [0.4, 0.5) is 11.5 Å². The van der Waals surface area contributed by atoms with Crippen LogP contribution in [0.3, 0.4) is 0 Å². The molecule has 0 atom stereocenters. The van der Waals surface area contributed by atoms with Crippen molar-refractivity contribution in [3.8, 4) is 0 Å². The maximum atomic E-state index is 12.8. The summed E-state index contributed by atoms with van der Waals surface area (Å²) in [4.78, 5) is 14.5. The third-order valence-corrected chi connectivity index (χ3v) is 6.54. The van der Waals surface area contributed by atoms with Crippen LogP contribution in [0.25, 0.3) is 0 Å². The van der Waals surface area contributed by atoms with Crippen molar-refractivity contribution in [1.82, 2.24) is 4.98 Å². The van der Waals surface area contributed by atoms with E-state index in [4.69, 9.17) is 0 Å². The van der Waals surface area contributed by atoms with E-state index in [2.05, 4.69) is 26.2 Å². The Morgan fingerprint density at radius 1 is 1.25 bits per heavy atom. The molecule has 7 nitrogen and oxygen atoms in total. The van der Waals surface area contributed by atoms with E-state index in [9.17, 15) is 18.5 Å². The summed E-state index contributed by atoms with van der Waals surface area (Å²) in [7, 11) is -3.64. The zero-order valence-electron chi connectivity index (χ0n) is 13.1. The molecule has 1 N–H and O–H groups in total. The van der Waals surface area contributed by atoms with Gasteiger partial charge in [-0.05, 0) is 44.2 Å². The minimum Gasteiger partial charge on any atom is -0.363 e. The SMILES string of the molecule is CC(C)(CNc1ncccc1[N+](=O)[O-])S(=O)(=O)c1ccc(Br)cc1. The fourth-order valence-corrected chi connectivity index (χ4v) is 3.66. The van der Waals surface area contributed by atoms with Gasteiger partial charge in [0.25, 0.3) is 0 Å². The van der Waals surface area contributed by atoms with Crippen LogP contribution in [-0.4, -0.2) is 29.6 Å². The summed E-state index contributed by atoms with van der Waals surface area (Å²) >= 11 is 3.27. The van der Waals surface area contributed by atoms with Crippen molar-refractivity contribution < 1.29 is 13.3 Å². The normalized spacial score (nSPS) is 12.0. The van der Waals surface area contributed by atoms with Gasteiger partial charge in [-0.2, -0.15) is 0 Å². The molecular weight excluding hydrogens is 398 g/mol. The largest absolute Gasteiger partial charge is 0.363 e. The van der Waals surface area contributed by atoms with Crippen LogP contribution in [0.1, 0.15) is 13.8 Å². The van der Waals surface area contributed by atoms with Gasteiger partial charge in [0.05, 0.1) is 14.6 Å². The second-order valence-electron chi connectivity index (χ2n) is 5.70. The third kappa shape index (κ3) is 3.73. The molecule has 1 aromatic heterocycles. The third-order valence-electron chi connectivity index (χ3n) is 3.52. The van der Waals surface area contributed by atoms with Crippen molar-refractivity contribution in [3.05, 3.63) is 57.2 Å². The fraction of sp³-hybridized carbons (Fsp3) is 0.267. The van der Waals surface area contributed by atoms with E-state index in [-0.39, 0.29) is 22.9 Å². The molecule has 0 radical (unpaired) electrons. The van der Waals surface area contributed by atoms with E-state index >= 15 is 0 Å². The first kappa shape index (κ1) is 18.3. The Hall–Kier alpha value is -2.00. The first-order valence-corrected chi connectivity index (χ1v) is 9.26. The standard InChI is InChI=1S/C15H16BrN3O4S/c1-15(2,24(22,23)12-7-5-11(16)6-8-12)10-18-14-13(19(20)21)4-3-9-17-14/h3-9H,10H2,1-2H3,(H,17,18). The number of nitrogens with one attached hydrogen (secondary N) is 1. The van der Waals surface area contributed by atoms with Crippen molar-refractivity contribution in [2.24, 2.45) is 0 Å². The average Bonchev–Trinajstić information content (AvgIpc) is 2.53. The first-order valence-electron chi connectivity index (χ1n) is 6.98. The van der Waals surface area contributed by atoms with E-state index in [0.29, 0.717) is 0 Å². The summed E-state index contributed by atoms with van der Waals surface area (Å²) in [5, 5.41) is 13.8. The average molecular weight is 414 g/mol. The molecule has 2 rings (SSSR count). The molecule has 0 unspecified atom stereocenters. The number of benzene rings is 1. The molecule has 0 spiro atoms. The van der Waals surface area contributed by atoms with E-state index in [1.807, 2.05) is 0 Å². The summed E-state index contributed by atoms with van der Waals surface area (Å²) in [6.45, 7) is 3.10. The minimum atomic E-state index is -3.64. The van der Waals surface area contributed by atoms with Gasteiger partial charge in [-0.1, -0.05) is 15.9 Å². The molecule has 128 valence electrons. The Morgan fingerprint density at radius 3 is 2.46 bits per heavy atom. The number of pyridine rings is 1. The second kappa shape index (κ2) is 6.86. The lowest BCUT2D eigenvalue weighted by molar-refractivity contribution is -0.384. The number of aromatic nitrogens is 1. The van der Waals surface area contributed by atoms with E-state index in [1.165, 1.54) is 30.5 Å². The van der Waals surface area contributed by atoms with Gasteiger partial charge >= 0.3 is 5.69 Å². The first-order chi connectivity index (χ1) is 11.1. The molecule has 1 heterocycles. The molecule has 0 aliphatic heterocycles. The molecule has 24 heavy (non-hydrogen) atoms. The zero-order chi connectivity index (χ0) is 18.0. The summed E-state index contributed by atoms with van der Waals surface area (Å²) in [5.74, 6) is 0.0431. The maximum absolute atomic E-state index is 12.8. The number of nitro groups is 1. The maximum Gasteiger partial charge on any atom is 0.311 e. The van der Waals surface area contributed by atoms with Gasteiger partial charge in [0.1, 0.15) is 0 Å². The highest BCUT2D eigenvalue weighted by molar-refractivity contribution is 9.10. The Labute approximate surface area is 148 Å². The molecule has 0 bridgehead atoms. The minimum absolute atomic E-state index is 0.0246. The molecule has 9 heteroatoms. The summed E-state index contributed by atoms with van der Waals surface area (Å²) in [6.07, 6.45) is 1.41. The molecule has 0 amide bonds. The lowest BCUT2D eigenvalue weighted by Gasteiger charge is -2.25. The van der Waals surface area contributed by atoms with Crippen LogP contribution in [-0.2, 0) is 9.84 Å². The Bertz CT molecular complexity index is 851. The van der Waals surface area contributed by atoms with Crippen LogP contribution < -0.4 is 5.32 Å². The molecule has 0 aliphatic rings. The van der Waals surface area contributed by atoms with Crippen molar-refractivity contribution in [3.63, 3.8) is 0 Å². The fourth-order valence-electron chi connectivity index (χ4n) is 2.00. The second-order valence-corrected chi connectivity index (χ2v) is 9.20. The summed E-state index contributed by atoms with van der Waals surface area (Å²) in [6, 6.07) is 9.10. The number of hydrogen-bond donors (Lipinski definition) is 1. The lowest BCUT2D eigenvalue weighted by Crippen LogP contribution is -2.39. The highest BCUT2D eigenvalue weighted by Gasteiger charge is 2.36. The number of nitrogens with zero attached hydrogens (tertiary/aromatic N) is 2. The van der Waals surface area contributed by atoms with Crippen molar-refractivity contribution >= 4 is 37.3 Å². The Morgan fingerprint density at radius 2 is 1.88 bits per heavy atom. The van der Waals surface area contributed by atoms with Gasteiger partial charge in [0, 0.05) is 23.3 Å². The van der Waals surface area contributed by atoms with Crippen molar-refractivity contribution in [2.45, 2.75) is 23.5 Å². The van der Waals surface area contributed by atoms with Gasteiger partial charge in [-0.3, -0.25) is 10.1 Å². The van der Waals surface area contributed by atoms with Gasteiger partial charge in [-0.15, -0.1) is 0 Å². The number of hydrogen-bond acceptors (Lipinski definition) is 6. The number of rotatable bonds is 6. The van der Waals surface area contributed by atoms with Crippen molar-refractivity contribution in [2.75, 3.05) is 11.9 Å². The molecule has 1 aromatic carbocycles. The van der Waals surface area contributed by atoms with Crippen LogP contribution >= 0.6 is 15.9 Å². The van der Waals surface area contributed by atoms with Gasteiger partial charge in [0.2, 0.25) is 5.82 Å². The Balaban J connectivity index is 2.25. The predicted molar refractivity (Wildman–Crippen MR) is 94.8 cm³/mol. The summed E-state index contributed by atoms with van der Waals surface area (Å²) < 4.78 is 25.2. The molecule has 0 saturated heterocycles. The van der Waals surface area contributed by atoms with E-state index in [1.54, 1.807) is 26.0 Å².